The van der Waals surface area contributed by atoms with Gasteiger partial charge in [0.15, 0.2) is 11.5 Å². The van der Waals surface area contributed by atoms with Gasteiger partial charge in [0.1, 0.15) is 5.82 Å². The molecule has 0 saturated carbocycles. The summed E-state index contributed by atoms with van der Waals surface area (Å²) in [6.45, 7) is 1.82. The molecule has 22 heavy (non-hydrogen) atoms. The molecule has 0 saturated heterocycles. The first-order valence-electron chi connectivity index (χ1n) is 6.60. The summed E-state index contributed by atoms with van der Waals surface area (Å²) in [4.78, 5) is 12.0. The number of hydrogen-bond acceptors (Lipinski definition) is 3. The van der Waals surface area contributed by atoms with Gasteiger partial charge in [0.2, 0.25) is 0 Å². The van der Waals surface area contributed by atoms with Crippen molar-refractivity contribution in [1.82, 2.24) is 0 Å². The van der Waals surface area contributed by atoms with Crippen molar-refractivity contribution in [3.8, 4) is 11.5 Å². The quantitative estimate of drug-likeness (QED) is 0.903. The van der Waals surface area contributed by atoms with E-state index in [-0.39, 0.29) is 5.69 Å². The second-order valence-electron chi connectivity index (χ2n) is 4.58. The van der Waals surface area contributed by atoms with E-state index >= 15 is 0 Å². The van der Waals surface area contributed by atoms with Crippen LogP contribution >= 0.6 is 0 Å². The Balaban J connectivity index is 2.16. The van der Waals surface area contributed by atoms with Gasteiger partial charge >= 0.3 is 6.03 Å². The summed E-state index contributed by atoms with van der Waals surface area (Å²) in [5.41, 5.74) is 1.45. The number of aryl methyl sites for hydroxylation is 1. The summed E-state index contributed by atoms with van der Waals surface area (Å²) >= 11 is 0. The molecule has 6 heteroatoms. The third-order valence-corrected chi connectivity index (χ3v) is 3.10. The molecule has 0 aliphatic heterocycles. The highest BCUT2D eigenvalue weighted by Gasteiger charge is 2.12. The molecule has 2 N–H and O–H groups in total. The number of nitrogens with one attached hydrogen (secondary N) is 2. The number of urea groups is 1. The van der Waals surface area contributed by atoms with E-state index in [1.54, 1.807) is 24.3 Å². The van der Waals surface area contributed by atoms with Crippen molar-refractivity contribution in [2.75, 3.05) is 24.9 Å². The number of rotatable bonds is 4. The van der Waals surface area contributed by atoms with Crippen molar-refractivity contribution < 1.29 is 18.7 Å². The van der Waals surface area contributed by atoms with Gasteiger partial charge in [-0.15, -0.1) is 0 Å². The number of hydrogen-bond donors (Lipinski definition) is 2. The fraction of sp³-hybridized carbons (Fsp3) is 0.188. The zero-order chi connectivity index (χ0) is 16.1. The van der Waals surface area contributed by atoms with Gasteiger partial charge in [0.25, 0.3) is 0 Å². The van der Waals surface area contributed by atoms with Gasteiger partial charge in [-0.25, -0.2) is 9.18 Å². The van der Waals surface area contributed by atoms with E-state index in [1.807, 2.05) is 6.92 Å². The molecule has 0 aliphatic carbocycles. The SMILES string of the molecule is COc1cc(C)c(NC(=O)Nc2ccccc2F)cc1OC. The van der Waals surface area contributed by atoms with Crippen LogP contribution in [-0.4, -0.2) is 20.3 Å². The van der Waals surface area contributed by atoms with Crippen LogP contribution in [0.5, 0.6) is 11.5 Å². The molecule has 0 atom stereocenters. The zero-order valence-electron chi connectivity index (χ0n) is 12.6. The first-order valence-corrected chi connectivity index (χ1v) is 6.60. The number of benzene rings is 2. The Morgan fingerprint density at radius 1 is 1.00 bits per heavy atom. The highest BCUT2D eigenvalue weighted by atomic mass is 19.1. The molecule has 0 fully saturated rings. The van der Waals surface area contributed by atoms with Crippen molar-refractivity contribution in [2.45, 2.75) is 6.92 Å². The van der Waals surface area contributed by atoms with Crippen LogP contribution in [0.3, 0.4) is 0 Å². The molecule has 5 nitrogen and oxygen atoms in total. The normalized spacial score (nSPS) is 10.0. The molecule has 0 aliphatic rings. The smallest absolute Gasteiger partial charge is 0.323 e. The van der Waals surface area contributed by atoms with Gasteiger partial charge < -0.3 is 20.1 Å². The van der Waals surface area contributed by atoms with E-state index in [0.717, 1.165) is 5.56 Å². The zero-order valence-corrected chi connectivity index (χ0v) is 12.6. The molecule has 0 unspecified atom stereocenters. The summed E-state index contributed by atoms with van der Waals surface area (Å²) in [7, 11) is 3.05. The minimum atomic E-state index is -0.541. The van der Waals surface area contributed by atoms with Crippen molar-refractivity contribution in [3.05, 3.63) is 47.8 Å². The standard InChI is InChI=1S/C16H17FN2O3/c1-10-8-14(21-2)15(22-3)9-13(10)19-16(20)18-12-7-5-4-6-11(12)17/h4-9H,1-3H3,(H2,18,19,20). The first-order chi connectivity index (χ1) is 10.5. The number of halogens is 1. The summed E-state index contributed by atoms with van der Waals surface area (Å²) in [6, 6.07) is 8.80. The summed E-state index contributed by atoms with van der Waals surface area (Å²) in [6.07, 6.45) is 0. The van der Waals surface area contributed by atoms with Gasteiger partial charge in [0, 0.05) is 11.8 Å². The number of carbonyl (C=O) groups excluding carboxylic acids is 1. The van der Waals surface area contributed by atoms with Crippen LogP contribution in [0.2, 0.25) is 0 Å². The lowest BCUT2D eigenvalue weighted by molar-refractivity contribution is 0.262. The lowest BCUT2D eigenvalue weighted by Gasteiger charge is -2.14. The fourth-order valence-corrected chi connectivity index (χ4v) is 1.95. The van der Waals surface area contributed by atoms with Crippen LogP contribution in [0.15, 0.2) is 36.4 Å². The van der Waals surface area contributed by atoms with E-state index in [0.29, 0.717) is 17.2 Å². The van der Waals surface area contributed by atoms with Crippen molar-refractivity contribution in [1.29, 1.82) is 0 Å². The third-order valence-electron chi connectivity index (χ3n) is 3.10. The molecule has 0 aromatic heterocycles. The predicted octanol–water partition coefficient (Wildman–Crippen LogP) is 3.80. The van der Waals surface area contributed by atoms with Crippen molar-refractivity contribution >= 4 is 17.4 Å². The number of carbonyl (C=O) groups is 1. The van der Waals surface area contributed by atoms with Crippen LogP contribution < -0.4 is 20.1 Å². The van der Waals surface area contributed by atoms with Crippen LogP contribution in [0.4, 0.5) is 20.6 Å². The lowest BCUT2D eigenvalue weighted by atomic mass is 10.1. The monoisotopic (exact) mass is 304 g/mol. The summed E-state index contributed by atoms with van der Waals surface area (Å²) < 4.78 is 23.9. The Hall–Kier alpha value is -2.76. The maximum Gasteiger partial charge on any atom is 0.323 e. The second-order valence-corrected chi connectivity index (χ2v) is 4.58. The first kappa shape index (κ1) is 15.6. The van der Waals surface area contributed by atoms with E-state index < -0.39 is 11.8 Å². The molecule has 0 heterocycles. The summed E-state index contributed by atoms with van der Waals surface area (Å²) in [5.74, 6) is 0.566. The number of para-hydroxylation sites is 1. The molecule has 2 aromatic rings. The highest BCUT2D eigenvalue weighted by molar-refractivity contribution is 6.00. The van der Waals surface area contributed by atoms with Gasteiger partial charge in [-0.05, 0) is 30.7 Å². The van der Waals surface area contributed by atoms with Gasteiger partial charge in [-0.3, -0.25) is 0 Å². The molecule has 0 spiro atoms. The minimum Gasteiger partial charge on any atom is -0.493 e. The van der Waals surface area contributed by atoms with Crippen molar-refractivity contribution in [2.24, 2.45) is 0 Å². The molecule has 0 radical (unpaired) electrons. The fourth-order valence-electron chi connectivity index (χ4n) is 1.95. The maximum absolute atomic E-state index is 13.5. The number of amides is 2. The summed E-state index contributed by atoms with van der Waals surface area (Å²) in [5, 5.41) is 5.11. The molecular formula is C16H17FN2O3. The minimum absolute atomic E-state index is 0.109. The molecule has 116 valence electrons. The van der Waals surface area contributed by atoms with Gasteiger partial charge in [-0.1, -0.05) is 12.1 Å². The topological polar surface area (TPSA) is 59.6 Å². The third kappa shape index (κ3) is 3.46. The van der Waals surface area contributed by atoms with Gasteiger partial charge in [-0.2, -0.15) is 0 Å². The molecule has 0 bridgehead atoms. The van der Waals surface area contributed by atoms with Gasteiger partial charge in [0.05, 0.1) is 19.9 Å². The lowest BCUT2D eigenvalue weighted by Crippen LogP contribution is -2.20. The van der Waals surface area contributed by atoms with Crippen LogP contribution in [0.1, 0.15) is 5.56 Å². The second kappa shape index (κ2) is 6.80. The Kier molecular flexibility index (Phi) is 4.83. The van der Waals surface area contributed by atoms with E-state index in [2.05, 4.69) is 10.6 Å². The van der Waals surface area contributed by atoms with E-state index in [9.17, 15) is 9.18 Å². The molecule has 2 aromatic carbocycles. The maximum atomic E-state index is 13.5. The molecule has 2 rings (SSSR count). The number of methoxy groups -OCH3 is 2. The van der Waals surface area contributed by atoms with E-state index in [1.165, 1.54) is 26.4 Å². The molecular weight excluding hydrogens is 287 g/mol. The Labute approximate surface area is 128 Å². The van der Waals surface area contributed by atoms with Crippen LogP contribution in [-0.2, 0) is 0 Å². The predicted molar refractivity (Wildman–Crippen MR) is 83.3 cm³/mol. The van der Waals surface area contributed by atoms with Crippen LogP contribution in [0, 0.1) is 12.7 Å². The van der Waals surface area contributed by atoms with Crippen molar-refractivity contribution in [3.63, 3.8) is 0 Å². The highest BCUT2D eigenvalue weighted by Crippen LogP contribution is 2.32. The van der Waals surface area contributed by atoms with E-state index in [4.69, 9.17) is 9.47 Å². The van der Waals surface area contributed by atoms with Crippen LogP contribution in [0.25, 0.3) is 0 Å². The average Bonchev–Trinajstić information content (AvgIpc) is 2.51. The Morgan fingerprint density at radius 2 is 1.59 bits per heavy atom. The number of anilines is 2. The average molecular weight is 304 g/mol. The molecule has 2 amide bonds. The number of ether oxygens (including phenoxy) is 2. The Bertz CT molecular complexity index is 689. The Morgan fingerprint density at radius 3 is 2.23 bits per heavy atom. The largest absolute Gasteiger partial charge is 0.493 e.